The standard InChI is InChI=1S/C27H41NO11/c1-9-34-22(31)37-17(2)13-27(28,21(29)30)14-18-10-11-19(38-23(32)35-15-25(3,4)5)20(12-18)39-24(33)36-16-26(6,7)8/h10-12,17H,9,13-16,28H2,1-8H3,(H,29,30)/t17-,27?/m0/s1. The molecule has 0 fully saturated rings. The molecular formula is C27H41NO11. The molecule has 12 heteroatoms. The Kier molecular flexibility index (Phi) is 12.0. The number of carbonyl (C=O) groups excluding carboxylic acids is 3. The maximum atomic E-state index is 12.4. The number of hydrogen-bond donors (Lipinski definition) is 2. The van der Waals surface area contributed by atoms with Gasteiger partial charge >= 0.3 is 24.4 Å². The molecule has 2 atom stereocenters. The second-order valence-corrected chi connectivity index (χ2v) is 11.6. The number of ether oxygens (including phenoxy) is 6. The van der Waals surface area contributed by atoms with Gasteiger partial charge in [-0.1, -0.05) is 47.6 Å². The molecule has 0 aliphatic heterocycles. The minimum absolute atomic E-state index is 0.0542. The summed E-state index contributed by atoms with van der Waals surface area (Å²) in [4.78, 5) is 48.3. The van der Waals surface area contributed by atoms with Crippen molar-refractivity contribution in [3.05, 3.63) is 23.8 Å². The molecule has 0 bridgehead atoms. The van der Waals surface area contributed by atoms with Crippen LogP contribution in [0.15, 0.2) is 18.2 Å². The minimum Gasteiger partial charge on any atom is -0.480 e. The Labute approximate surface area is 229 Å². The van der Waals surface area contributed by atoms with E-state index in [1.54, 1.807) is 6.92 Å². The van der Waals surface area contributed by atoms with E-state index in [2.05, 4.69) is 0 Å². The highest BCUT2D eigenvalue weighted by Gasteiger charge is 2.37. The van der Waals surface area contributed by atoms with Crippen LogP contribution in [0.3, 0.4) is 0 Å². The third kappa shape index (κ3) is 13.2. The normalized spacial score (nSPS) is 13.9. The van der Waals surface area contributed by atoms with E-state index in [-0.39, 0.29) is 55.0 Å². The van der Waals surface area contributed by atoms with Crippen molar-refractivity contribution < 1.29 is 52.7 Å². The quantitative estimate of drug-likeness (QED) is 0.211. The molecule has 1 rings (SSSR count). The molecule has 220 valence electrons. The van der Waals surface area contributed by atoms with Crippen molar-refractivity contribution in [2.24, 2.45) is 16.6 Å². The number of nitrogens with two attached hydrogens (primary N) is 1. The highest BCUT2D eigenvalue weighted by Crippen LogP contribution is 2.32. The van der Waals surface area contributed by atoms with E-state index >= 15 is 0 Å². The Hall–Kier alpha value is -3.54. The molecule has 0 aliphatic carbocycles. The SMILES string of the molecule is CCOC(=O)O[C@@H](C)CC(N)(Cc1ccc(OC(=O)OCC(C)(C)C)c(OC(=O)OCC(C)(C)C)c1)C(=O)O. The Bertz CT molecular complexity index is 1010. The van der Waals surface area contributed by atoms with Crippen LogP contribution in [0.2, 0.25) is 0 Å². The first-order chi connectivity index (χ1) is 17.8. The Morgan fingerprint density at radius 1 is 0.846 bits per heavy atom. The van der Waals surface area contributed by atoms with Gasteiger partial charge in [0.15, 0.2) is 11.5 Å². The van der Waals surface area contributed by atoms with E-state index in [0.29, 0.717) is 5.56 Å². The molecule has 0 radical (unpaired) electrons. The summed E-state index contributed by atoms with van der Waals surface area (Å²) in [6.45, 7) is 14.5. The van der Waals surface area contributed by atoms with Crippen molar-refractivity contribution in [2.45, 2.75) is 79.9 Å². The molecule has 1 unspecified atom stereocenters. The van der Waals surface area contributed by atoms with Crippen LogP contribution >= 0.6 is 0 Å². The number of benzene rings is 1. The van der Waals surface area contributed by atoms with Gasteiger partial charge in [0.2, 0.25) is 0 Å². The van der Waals surface area contributed by atoms with Crippen LogP contribution in [0.5, 0.6) is 11.5 Å². The molecular weight excluding hydrogens is 514 g/mol. The zero-order valence-electron chi connectivity index (χ0n) is 24.0. The number of carbonyl (C=O) groups is 4. The molecule has 0 aromatic heterocycles. The van der Waals surface area contributed by atoms with Gasteiger partial charge in [0.05, 0.1) is 19.8 Å². The lowest BCUT2D eigenvalue weighted by Crippen LogP contribution is -2.52. The first-order valence-corrected chi connectivity index (χ1v) is 12.5. The van der Waals surface area contributed by atoms with Crippen molar-refractivity contribution in [2.75, 3.05) is 19.8 Å². The summed E-state index contributed by atoms with van der Waals surface area (Å²) in [7, 11) is 0. The topological polar surface area (TPSA) is 170 Å². The second kappa shape index (κ2) is 14.0. The van der Waals surface area contributed by atoms with Gasteiger partial charge in [-0.05, 0) is 42.4 Å². The fourth-order valence-electron chi connectivity index (χ4n) is 3.09. The van der Waals surface area contributed by atoms with Crippen molar-refractivity contribution in [3.63, 3.8) is 0 Å². The van der Waals surface area contributed by atoms with Gasteiger partial charge in [-0.2, -0.15) is 0 Å². The van der Waals surface area contributed by atoms with Crippen LogP contribution in [0.25, 0.3) is 0 Å². The molecule has 0 heterocycles. The summed E-state index contributed by atoms with van der Waals surface area (Å²) in [6, 6.07) is 4.09. The van der Waals surface area contributed by atoms with E-state index in [0.717, 1.165) is 0 Å². The molecule has 3 N–H and O–H groups in total. The van der Waals surface area contributed by atoms with Crippen LogP contribution < -0.4 is 15.2 Å². The van der Waals surface area contributed by atoms with E-state index < -0.39 is 36.1 Å². The summed E-state index contributed by atoms with van der Waals surface area (Å²) >= 11 is 0. The summed E-state index contributed by atoms with van der Waals surface area (Å²) in [5, 5.41) is 9.85. The first kappa shape index (κ1) is 33.5. The van der Waals surface area contributed by atoms with Crippen molar-refractivity contribution in [3.8, 4) is 11.5 Å². The highest BCUT2D eigenvalue weighted by molar-refractivity contribution is 5.79. The maximum absolute atomic E-state index is 12.4. The third-order valence-corrected chi connectivity index (χ3v) is 4.80. The third-order valence-electron chi connectivity index (χ3n) is 4.80. The van der Waals surface area contributed by atoms with E-state index in [9.17, 15) is 24.3 Å². The van der Waals surface area contributed by atoms with Gasteiger partial charge in [-0.25, -0.2) is 14.4 Å². The predicted octanol–water partition coefficient (Wildman–Crippen LogP) is 5.09. The molecule has 39 heavy (non-hydrogen) atoms. The number of rotatable bonds is 11. The van der Waals surface area contributed by atoms with Gasteiger partial charge in [-0.15, -0.1) is 0 Å². The van der Waals surface area contributed by atoms with Gasteiger partial charge < -0.3 is 39.3 Å². The van der Waals surface area contributed by atoms with E-state index in [4.69, 9.17) is 34.2 Å². The molecule has 0 saturated heterocycles. The molecule has 0 spiro atoms. The van der Waals surface area contributed by atoms with Gasteiger partial charge in [-0.3, -0.25) is 4.79 Å². The zero-order chi connectivity index (χ0) is 30.0. The van der Waals surface area contributed by atoms with Crippen LogP contribution in [0, 0.1) is 10.8 Å². The summed E-state index contributed by atoms with van der Waals surface area (Å²) in [5.41, 5.74) is 4.02. The van der Waals surface area contributed by atoms with Crippen LogP contribution in [-0.4, -0.2) is 61.0 Å². The van der Waals surface area contributed by atoms with Gasteiger partial charge in [0.1, 0.15) is 11.6 Å². The predicted molar refractivity (Wildman–Crippen MR) is 140 cm³/mol. The average molecular weight is 556 g/mol. The largest absolute Gasteiger partial charge is 0.513 e. The first-order valence-electron chi connectivity index (χ1n) is 12.5. The van der Waals surface area contributed by atoms with E-state index in [1.807, 2.05) is 41.5 Å². The van der Waals surface area contributed by atoms with Gasteiger partial charge in [0.25, 0.3) is 0 Å². The summed E-state index contributed by atoms with van der Waals surface area (Å²) in [5.74, 6) is -1.70. The lowest BCUT2D eigenvalue weighted by Gasteiger charge is -2.28. The molecule has 12 nitrogen and oxygen atoms in total. The zero-order valence-corrected chi connectivity index (χ0v) is 24.0. The number of carboxylic acid groups (broad SMARTS) is 1. The van der Waals surface area contributed by atoms with Gasteiger partial charge in [0, 0.05) is 12.8 Å². The van der Waals surface area contributed by atoms with Crippen LogP contribution in [-0.2, 0) is 30.2 Å². The molecule has 0 saturated carbocycles. The minimum atomic E-state index is -1.87. The summed E-state index contributed by atoms with van der Waals surface area (Å²) in [6.07, 6.45) is -4.39. The lowest BCUT2D eigenvalue weighted by molar-refractivity contribution is -0.144. The number of carboxylic acids is 1. The highest BCUT2D eigenvalue weighted by atomic mass is 16.7. The summed E-state index contributed by atoms with van der Waals surface area (Å²) < 4.78 is 30.6. The average Bonchev–Trinajstić information content (AvgIpc) is 2.77. The molecule has 1 aromatic carbocycles. The Morgan fingerprint density at radius 3 is 1.82 bits per heavy atom. The molecule has 1 aromatic rings. The van der Waals surface area contributed by atoms with Crippen LogP contribution in [0.4, 0.5) is 14.4 Å². The Balaban J connectivity index is 3.20. The fourth-order valence-corrected chi connectivity index (χ4v) is 3.09. The monoisotopic (exact) mass is 555 g/mol. The van der Waals surface area contributed by atoms with E-state index in [1.165, 1.54) is 25.1 Å². The second-order valence-electron chi connectivity index (χ2n) is 11.6. The fraction of sp³-hybridized carbons (Fsp3) is 0.630. The number of aliphatic carboxylic acids is 1. The Morgan fingerprint density at radius 2 is 1.36 bits per heavy atom. The van der Waals surface area contributed by atoms with Crippen molar-refractivity contribution >= 4 is 24.4 Å². The molecule has 0 amide bonds. The lowest BCUT2D eigenvalue weighted by atomic mass is 9.86. The number of hydrogen-bond acceptors (Lipinski definition) is 11. The molecule has 0 aliphatic rings. The van der Waals surface area contributed by atoms with Crippen LogP contribution in [0.1, 0.15) is 67.4 Å². The smallest absolute Gasteiger partial charge is 0.480 e. The van der Waals surface area contributed by atoms with Crippen molar-refractivity contribution in [1.82, 2.24) is 0 Å². The van der Waals surface area contributed by atoms with Crippen molar-refractivity contribution in [1.29, 1.82) is 0 Å². The maximum Gasteiger partial charge on any atom is 0.513 e.